The molecule has 0 radical (unpaired) electrons. The molecule has 1 fully saturated rings. The van der Waals surface area contributed by atoms with Gasteiger partial charge in [0, 0.05) is 38.4 Å². The lowest BCUT2D eigenvalue weighted by Gasteiger charge is -2.37. The number of pyridine rings is 1. The number of aromatic nitrogens is 1. The van der Waals surface area contributed by atoms with Crippen molar-refractivity contribution in [3.05, 3.63) is 66.8 Å². The van der Waals surface area contributed by atoms with E-state index in [1.165, 1.54) is 12.1 Å². The maximum atomic E-state index is 13.0. The Hall–Kier alpha value is -2.89. The predicted octanol–water partition coefficient (Wildman–Crippen LogP) is 2.46. The summed E-state index contributed by atoms with van der Waals surface area (Å²) in [6, 6.07) is 10.2. The number of carbonyl (C=O) groups excluding carboxylic acids is 1. The lowest BCUT2D eigenvalue weighted by Crippen LogP contribution is -2.46. The summed E-state index contributed by atoms with van der Waals surface area (Å²) in [6.07, 6.45) is 3.36. The quantitative estimate of drug-likeness (QED) is 0.850. The first-order valence-corrected chi connectivity index (χ1v) is 8.28. The summed E-state index contributed by atoms with van der Waals surface area (Å²) in [5, 5.41) is 2.71. The van der Waals surface area contributed by atoms with Crippen molar-refractivity contribution in [1.29, 1.82) is 0 Å². The van der Waals surface area contributed by atoms with Gasteiger partial charge in [-0.2, -0.15) is 0 Å². The molecule has 0 aliphatic carbocycles. The average Bonchev–Trinajstić information content (AvgIpc) is 2.67. The van der Waals surface area contributed by atoms with Gasteiger partial charge in [-0.1, -0.05) is 6.08 Å². The topological polar surface area (TPSA) is 48.5 Å². The molecule has 2 aromatic rings. The van der Waals surface area contributed by atoms with Crippen LogP contribution in [0, 0.1) is 5.82 Å². The normalized spacial score (nSPS) is 14.3. The molecule has 0 atom stereocenters. The Morgan fingerprint density at radius 3 is 2.24 bits per heavy atom. The summed E-state index contributed by atoms with van der Waals surface area (Å²) in [7, 11) is 0. The molecule has 1 amide bonds. The highest BCUT2D eigenvalue weighted by Gasteiger charge is 2.18. The number of halogens is 1. The van der Waals surface area contributed by atoms with E-state index in [4.69, 9.17) is 0 Å². The van der Waals surface area contributed by atoms with Gasteiger partial charge >= 0.3 is 0 Å². The SMILES string of the molecule is C=CCNC(=O)c1ccc(N2CCN(c3ccc(F)cc3)CC2)cn1. The van der Waals surface area contributed by atoms with E-state index in [1.807, 2.05) is 18.2 Å². The van der Waals surface area contributed by atoms with Gasteiger partial charge in [0.25, 0.3) is 5.91 Å². The number of hydrogen-bond acceptors (Lipinski definition) is 4. The van der Waals surface area contributed by atoms with Crippen LogP contribution in [0.4, 0.5) is 15.8 Å². The van der Waals surface area contributed by atoms with Gasteiger partial charge < -0.3 is 15.1 Å². The largest absolute Gasteiger partial charge is 0.368 e. The number of nitrogens with one attached hydrogen (secondary N) is 1. The van der Waals surface area contributed by atoms with Gasteiger partial charge in [-0.25, -0.2) is 9.37 Å². The van der Waals surface area contributed by atoms with Crippen molar-refractivity contribution in [2.75, 3.05) is 42.5 Å². The molecular weight excluding hydrogens is 319 g/mol. The van der Waals surface area contributed by atoms with Gasteiger partial charge in [0.2, 0.25) is 0 Å². The van der Waals surface area contributed by atoms with Gasteiger partial charge in [0.1, 0.15) is 11.5 Å². The highest BCUT2D eigenvalue weighted by atomic mass is 19.1. The molecule has 1 aliphatic heterocycles. The molecule has 1 aromatic heterocycles. The summed E-state index contributed by atoms with van der Waals surface area (Å²) < 4.78 is 13.0. The molecule has 1 saturated heterocycles. The van der Waals surface area contributed by atoms with E-state index >= 15 is 0 Å². The van der Waals surface area contributed by atoms with E-state index in [1.54, 1.807) is 18.3 Å². The molecule has 0 bridgehead atoms. The van der Waals surface area contributed by atoms with Crippen molar-refractivity contribution < 1.29 is 9.18 Å². The van der Waals surface area contributed by atoms with Crippen molar-refractivity contribution in [1.82, 2.24) is 10.3 Å². The van der Waals surface area contributed by atoms with Crippen LogP contribution in [0.1, 0.15) is 10.5 Å². The first-order valence-electron chi connectivity index (χ1n) is 8.28. The molecule has 1 N–H and O–H groups in total. The molecule has 2 heterocycles. The lowest BCUT2D eigenvalue weighted by molar-refractivity contribution is 0.0953. The minimum atomic E-state index is -0.217. The first-order chi connectivity index (χ1) is 12.2. The summed E-state index contributed by atoms with van der Waals surface area (Å²) in [6.45, 7) is 7.40. The van der Waals surface area contributed by atoms with Crippen LogP contribution in [0.3, 0.4) is 0 Å². The number of anilines is 2. The van der Waals surface area contributed by atoms with E-state index in [2.05, 4.69) is 26.7 Å². The third kappa shape index (κ3) is 4.15. The molecular formula is C19H21FN4O. The lowest BCUT2D eigenvalue weighted by atomic mass is 10.2. The summed E-state index contributed by atoms with van der Waals surface area (Å²) in [4.78, 5) is 20.6. The van der Waals surface area contributed by atoms with Crippen molar-refractivity contribution in [3.8, 4) is 0 Å². The van der Waals surface area contributed by atoms with Crippen LogP contribution in [-0.4, -0.2) is 43.6 Å². The van der Waals surface area contributed by atoms with Crippen LogP contribution in [0.15, 0.2) is 55.3 Å². The Morgan fingerprint density at radius 2 is 1.68 bits per heavy atom. The van der Waals surface area contributed by atoms with E-state index in [0.717, 1.165) is 37.6 Å². The predicted molar refractivity (Wildman–Crippen MR) is 97.6 cm³/mol. The summed E-state index contributed by atoms with van der Waals surface area (Å²) in [5.74, 6) is -0.418. The molecule has 6 heteroatoms. The Morgan fingerprint density at radius 1 is 1.08 bits per heavy atom. The summed E-state index contributed by atoms with van der Waals surface area (Å²) >= 11 is 0. The maximum Gasteiger partial charge on any atom is 0.270 e. The second-order valence-corrected chi connectivity index (χ2v) is 5.85. The fourth-order valence-electron chi connectivity index (χ4n) is 2.84. The van der Waals surface area contributed by atoms with Crippen molar-refractivity contribution in [3.63, 3.8) is 0 Å². The Kier molecular flexibility index (Phi) is 5.28. The van der Waals surface area contributed by atoms with Gasteiger partial charge in [-0.05, 0) is 36.4 Å². The number of benzene rings is 1. The first kappa shape index (κ1) is 17.0. The molecule has 130 valence electrons. The average molecular weight is 340 g/mol. The van der Waals surface area contributed by atoms with Crippen LogP contribution in [0.25, 0.3) is 0 Å². The monoisotopic (exact) mass is 340 g/mol. The second kappa shape index (κ2) is 7.79. The van der Waals surface area contributed by atoms with E-state index in [9.17, 15) is 9.18 Å². The van der Waals surface area contributed by atoms with Crippen LogP contribution in [-0.2, 0) is 0 Å². The van der Waals surface area contributed by atoms with Gasteiger partial charge in [-0.3, -0.25) is 4.79 Å². The number of piperazine rings is 1. The fraction of sp³-hybridized carbons (Fsp3) is 0.263. The van der Waals surface area contributed by atoms with Crippen molar-refractivity contribution in [2.45, 2.75) is 0 Å². The molecule has 5 nitrogen and oxygen atoms in total. The molecule has 0 saturated carbocycles. The van der Waals surface area contributed by atoms with E-state index in [-0.39, 0.29) is 11.7 Å². The van der Waals surface area contributed by atoms with Gasteiger partial charge in [0.15, 0.2) is 0 Å². The molecule has 3 rings (SSSR count). The minimum absolute atomic E-state index is 0.201. The number of nitrogens with zero attached hydrogens (tertiary/aromatic N) is 3. The summed E-state index contributed by atoms with van der Waals surface area (Å²) in [5.41, 5.74) is 2.43. The molecule has 0 spiro atoms. The van der Waals surface area contributed by atoms with Crippen LogP contribution < -0.4 is 15.1 Å². The van der Waals surface area contributed by atoms with Gasteiger partial charge in [0.05, 0.1) is 11.9 Å². The smallest absolute Gasteiger partial charge is 0.270 e. The van der Waals surface area contributed by atoms with E-state index < -0.39 is 0 Å². The second-order valence-electron chi connectivity index (χ2n) is 5.85. The zero-order valence-electron chi connectivity index (χ0n) is 14.0. The zero-order chi connectivity index (χ0) is 17.6. The van der Waals surface area contributed by atoms with Gasteiger partial charge in [-0.15, -0.1) is 6.58 Å². The minimum Gasteiger partial charge on any atom is -0.368 e. The van der Waals surface area contributed by atoms with Crippen LogP contribution >= 0.6 is 0 Å². The number of carbonyl (C=O) groups is 1. The molecule has 25 heavy (non-hydrogen) atoms. The Bertz CT molecular complexity index is 722. The standard InChI is InChI=1S/C19H21FN4O/c1-2-9-21-19(25)18-8-7-17(14-22-18)24-12-10-23(11-13-24)16-5-3-15(20)4-6-16/h2-8,14H,1,9-13H2,(H,21,25). The molecule has 0 unspecified atom stereocenters. The molecule has 1 aliphatic rings. The Balaban J connectivity index is 1.58. The third-order valence-electron chi connectivity index (χ3n) is 4.22. The number of amides is 1. The molecule has 1 aromatic carbocycles. The van der Waals surface area contributed by atoms with E-state index in [0.29, 0.717) is 12.2 Å². The number of hydrogen-bond donors (Lipinski definition) is 1. The Labute approximate surface area is 146 Å². The van der Waals surface area contributed by atoms with Crippen molar-refractivity contribution >= 4 is 17.3 Å². The zero-order valence-corrected chi connectivity index (χ0v) is 14.0. The van der Waals surface area contributed by atoms with Crippen molar-refractivity contribution in [2.24, 2.45) is 0 Å². The highest BCUT2D eigenvalue weighted by Crippen LogP contribution is 2.20. The van der Waals surface area contributed by atoms with Crippen LogP contribution in [0.2, 0.25) is 0 Å². The maximum absolute atomic E-state index is 13.0. The highest BCUT2D eigenvalue weighted by molar-refractivity contribution is 5.92. The number of rotatable bonds is 5. The third-order valence-corrected chi connectivity index (χ3v) is 4.22. The fourth-order valence-corrected chi connectivity index (χ4v) is 2.84. The van der Waals surface area contributed by atoms with Crippen LogP contribution in [0.5, 0.6) is 0 Å².